The predicted octanol–water partition coefficient (Wildman–Crippen LogP) is 7.11. The summed E-state index contributed by atoms with van der Waals surface area (Å²) in [6.07, 6.45) is 1.74. The van der Waals surface area contributed by atoms with Crippen molar-refractivity contribution in [3.8, 4) is 22.7 Å². The first-order chi connectivity index (χ1) is 17.2. The Hall–Kier alpha value is -3.94. The average Bonchev–Trinajstić information content (AvgIpc) is 3.50. The van der Waals surface area contributed by atoms with Crippen molar-refractivity contribution in [2.45, 2.75) is 33.0 Å². The summed E-state index contributed by atoms with van der Waals surface area (Å²) in [5.74, 6) is 0.265. The van der Waals surface area contributed by atoms with Crippen LogP contribution in [0.1, 0.15) is 36.7 Å². The molecular formula is C28H25ClN4O3. The topological polar surface area (TPSA) is 93.0 Å². The molecule has 0 fully saturated rings. The van der Waals surface area contributed by atoms with Gasteiger partial charge in [-0.1, -0.05) is 35.9 Å². The molecule has 0 unspecified atom stereocenters. The number of oxazole rings is 1. The van der Waals surface area contributed by atoms with Gasteiger partial charge in [-0.05, 0) is 68.8 Å². The Morgan fingerprint density at radius 1 is 1.06 bits per heavy atom. The SMILES string of the molecule is CC(C)(C)OCc1ccc(C(=O)Nc2ccc(-c3n[nH]cc3-c3nc4cc(Cl)ccc4o3)cc2)cc1. The van der Waals surface area contributed by atoms with E-state index in [1.165, 1.54) is 0 Å². The number of nitrogens with zero attached hydrogens (tertiary/aromatic N) is 2. The Morgan fingerprint density at radius 3 is 2.53 bits per heavy atom. The molecule has 8 heteroatoms. The maximum atomic E-state index is 12.7. The molecule has 182 valence electrons. The number of nitrogens with one attached hydrogen (secondary N) is 2. The number of benzene rings is 3. The molecule has 2 aromatic heterocycles. The number of hydrogen-bond donors (Lipinski definition) is 2. The van der Waals surface area contributed by atoms with Gasteiger partial charge in [0.2, 0.25) is 5.89 Å². The Kier molecular flexibility index (Phi) is 6.35. The van der Waals surface area contributed by atoms with Gasteiger partial charge in [0, 0.05) is 28.0 Å². The molecule has 5 aromatic rings. The third-order valence-corrected chi connectivity index (χ3v) is 5.76. The number of fused-ring (bicyclic) bond motifs is 1. The first kappa shape index (κ1) is 23.8. The largest absolute Gasteiger partial charge is 0.436 e. The van der Waals surface area contributed by atoms with Gasteiger partial charge in [0.15, 0.2) is 5.58 Å². The van der Waals surface area contributed by atoms with E-state index in [2.05, 4.69) is 20.5 Å². The van der Waals surface area contributed by atoms with Gasteiger partial charge in [-0.15, -0.1) is 0 Å². The van der Waals surface area contributed by atoms with Crippen LogP contribution in [0.2, 0.25) is 5.02 Å². The molecule has 2 N–H and O–H groups in total. The molecule has 0 bridgehead atoms. The monoisotopic (exact) mass is 500 g/mol. The number of carbonyl (C=O) groups is 1. The number of aromatic amines is 1. The molecule has 3 aromatic carbocycles. The van der Waals surface area contributed by atoms with E-state index < -0.39 is 0 Å². The molecule has 7 nitrogen and oxygen atoms in total. The van der Waals surface area contributed by atoms with Crippen LogP contribution in [0.3, 0.4) is 0 Å². The zero-order valence-corrected chi connectivity index (χ0v) is 20.9. The fraction of sp³-hybridized carbons (Fsp3) is 0.179. The third kappa shape index (κ3) is 5.32. The number of amides is 1. The highest BCUT2D eigenvalue weighted by atomic mass is 35.5. The molecule has 0 aliphatic rings. The third-order valence-electron chi connectivity index (χ3n) is 5.52. The van der Waals surface area contributed by atoms with Crippen molar-refractivity contribution in [2.24, 2.45) is 0 Å². The van der Waals surface area contributed by atoms with Gasteiger partial charge in [-0.2, -0.15) is 5.10 Å². The lowest BCUT2D eigenvalue weighted by Gasteiger charge is -2.19. The van der Waals surface area contributed by atoms with E-state index in [-0.39, 0.29) is 11.5 Å². The predicted molar refractivity (Wildman–Crippen MR) is 141 cm³/mol. The smallest absolute Gasteiger partial charge is 0.255 e. The van der Waals surface area contributed by atoms with Crippen molar-refractivity contribution in [3.63, 3.8) is 0 Å². The van der Waals surface area contributed by atoms with E-state index in [0.29, 0.717) is 45.6 Å². The normalized spacial score (nSPS) is 11.7. The molecular weight excluding hydrogens is 476 g/mol. The number of aromatic nitrogens is 3. The fourth-order valence-corrected chi connectivity index (χ4v) is 3.82. The molecule has 0 aliphatic carbocycles. The van der Waals surface area contributed by atoms with Gasteiger partial charge in [0.25, 0.3) is 5.91 Å². The van der Waals surface area contributed by atoms with Crippen LogP contribution >= 0.6 is 11.6 Å². The molecule has 0 saturated carbocycles. The second kappa shape index (κ2) is 9.60. The van der Waals surface area contributed by atoms with E-state index in [4.69, 9.17) is 20.8 Å². The van der Waals surface area contributed by atoms with E-state index in [9.17, 15) is 4.79 Å². The summed E-state index contributed by atoms with van der Waals surface area (Å²) in [6, 6.07) is 20.2. The van der Waals surface area contributed by atoms with Crippen molar-refractivity contribution >= 4 is 34.3 Å². The highest BCUT2D eigenvalue weighted by molar-refractivity contribution is 6.31. The summed E-state index contributed by atoms with van der Waals surface area (Å²) in [5.41, 5.74) is 5.66. The summed E-state index contributed by atoms with van der Waals surface area (Å²) in [7, 11) is 0. The zero-order chi connectivity index (χ0) is 25.3. The van der Waals surface area contributed by atoms with Gasteiger partial charge in [0.1, 0.15) is 11.2 Å². The van der Waals surface area contributed by atoms with E-state index in [1.54, 1.807) is 36.5 Å². The van der Waals surface area contributed by atoms with Gasteiger partial charge in [0.05, 0.1) is 17.8 Å². The van der Waals surface area contributed by atoms with Crippen molar-refractivity contribution in [1.82, 2.24) is 15.2 Å². The van der Waals surface area contributed by atoms with Crippen LogP contribution in [-0.2, 0) is 11.3 Å². The van der Waals surface area contributed by atoms with Crippen LogP contribution in [0.15, 0.2) is 77.3 Å². The second-order valence-electron chi connectivity index (χ2n) is 9.41. The summed E-state index contributed by atoms with van der Waals surface area (Å²) < 4.78 is 11.7. The second-order valence-corrected chi connectivity index (χ2v) is 9.84. The first-order valence-corrected chi connectivity index (χ1v) is 11.9. The van der Waals surface area contributed by atoms with Crippen molar-refractivity contribution in [3.05, 3.63) is 89.1 Å². The number of H-pyrrole nitrogens is 1. The number of rotatable bonds is 6. The number of carbonyl (C=O) groups excluding carboxylic acids is 1. The summed E-state index contributed by atoms with van der Waals surface area (Å²) in [5, 5.41) is 10.8. The minimum absolute atomic E-state index is 0.184. The highest BCUT2D eigenvalue weighted by Gasteiger charge is 2.17. The van der Waals surface area contributed by atoms with Crippen LogP contribution in [0.25, 0.3) is 33.8 Å². The Balaban J connectivity index is 1.28. The standard InChI is InChI=1S/C28H25ClN4O3/c1-28(2,3)35-16-17-4-6-19(7-5-17)26(34)31-21-11-8-18(9-12-21)25-22(15-30-33-25)27-32-23-14-20(29)10-13-24(23)36-27/h4-15H,16H2,1-3H3,(H,30,33)(H,31,34). The van der Waals surface area contributed by atoms with Gasteiger partial charge in [-0.3, -0.25) is 9.89 Å². The summed E-state index contributed by atoms with van der Waals surface area (Å²) in [4.78, 5) is 17.3. The molecule has 36 heavy (non-hydrogen) atoms. The lowest BCUT2D eigenvalue weighted by molar-refractivity contribution is -0.0149. The van der Waals surface area contributed by atoms with E-state index >= 15 is 0 Å². The lowest BCUT2D eigenvalue weighted by atomic mass is 10.1. The Morgan fingerprint density at radius 2 is 1.81 bits per heavy atom. The number of halogens is 1. The number of ether oxygens (including phenoxy) is 1. The average molecular weight is 501 g/mol. The lowest BCUT2D eigenvalue weighted by Crippen LogP contribution is -2.18. The quantitative estimate of drug-likeness (QED) is 0.259. The van der Waals surface area contributed by atoms with Gasteiger partial charge >= 0.3 is 0 Å². The maximum absolute atomic E-state index is 12.7. The van der Waals surface area contributed by atoms with Gasteiger partial charge < -0.3 is 14.5 Å². The number of hydrogen-bond acceptors (Lipinski definition) is 5. The fourth-order valence-electron chi connectivity index (χ4n) is 3.66. The summed E-state index contributed by atoms with van der Waals surface area (Å²) in [6.45, 7) is 6.54. The van der Waals surface area contributed by atoms with Crippen LogP contribution < -0.4 is 5.32 Å². The molecule has 0 radical (unpaired) electrons. The molecule has 0 atom stereocenters. The summed E-state index contributed by atoms with van der Waals surface area (Å²) >= 11 is 6.07. The highest BCUT2D eigenvalue weighted by Crippen LogP contribution is 2.33. The van der Waals surface area contributed by atoms with Crippen LogP contribution in [0.5, 0.6) is 0 Å². The van der Waals surface area contributed by atoms with Crippen LogP contribution in [-0.4, -0.2) is 26.7 Å². The first-order valence-electron chi connectivity index (χ1n) is 11.5. The van der Waals surface area contributed by atoms with Crippen molar-refractivity contribution in [2.75, 3.05) is 5.32 Å². The maximum Gasteiger partial charge on any atom is 0.255 e. The van der Waals surface area contributed by atoms with E-state index in [1.807, 2.05) is 57.2 Å². The molecule has 1 amide bonds. The zero-order valence-electron chi connectivity index (χ0n) is 20.1. The molecule has 0 spiro atoms. The minimum Gasteiger partial charge on any atom is -0.436 e. The molecule has 0 saturated heterocycles. The van der Waals surface area contributed by atoms with Crippen molar-refractivity contribution < 1.29 is 13.9 Å². The van der Waals surface area contributed by atoms with Crippen molar-refractivity contribution in [1.29, 1.82) is 0 Å². The molecule has 0 aliphatic heterocycles. The van der Waals surface area contributed by atoms with Gasteiger partial charge in [-0.25, -0.2) is 4.98 Å². The van der Waals surface area contributed by atoms with Crippen LogP contribution in [0, 0.1) is 0 Å². The number of anilines is 1. The Labute approximate surface area is 213 Å². The minimum atomic E-state index is -0.213. The molecule has 2 heterocycles. The van der Waals surface area contributed by atoms with Crippen LogP contribution in [0.4, 0.5) is 5.69 Å². The Bertz CT molecular complexity index is 1510. The molecule has 5 rings (SSSR count). The van der Waals surface area contributed by atoms with E-state index in [0.717, 1.165) is 16.7 Å².